The van der Waals surface area contributed by atoms with Gasteiger partial charge in [-0.2, -0.15) is 18.4 Å². The molecular formula is C11H8F3N3O4. The average Bonchev–Trinajstić information content (AvgIpc) is 2.41. The lowest BCUT2D eigenvalue weighted by atomic mass is 10.1. The summed E-state index contributed by atoms with van der Waals surface area (Å²) in [6.45, 7) is -1.06. The maximum absolute atomic E-state index is 12.8. The van der Waals surface area contributed by atoms with E-state index < -0.39 is 40.6 Å². The van der Waals surface area contributed by atoms with Gasteiger partial charge in [0.1, 0.15) is 17.9 Å². The Morgan fingerprint density at radius 1 is 1.48 bits per heavy atom. The number of carbonyl (C=O) groups excluding carboxylic acids is 1. The molecule has 0 aliphatic rings. The van der Waals surface area contributed by atoms with Crippen LogP contribution in [0, 0.1) is 21.4 Å². The van der Waals surface area contributed by atoms with Gasteiger partial charge >= 0.3 is 6.18 Å². The van der Waals surface area contributed by atoms with E-state index in [-0.39, 0.29) is 6.54 Å². The zero-order valence-corrected chi connectivity index (χ0v) is 10.3. The summed E-state index contributed by atoms with van der Waals surface area (Å²) in [6.07, 6.45) is -4.87. The van der Waals surface area contributed by atoms with Crippen LogP contribution in [0.4, 0.5) is 18.9 Å². The number of nitrogens with one attached hydrogen (secondary N) is 1. The fourth-order valence-corrected chi connectivity index (χ4v) is 1.31. The Labute approximate surface area is 116 Å². The van der Waals surface area contributed by atoms with Gasteiger partial charge in [-0.1, -0.05) is 0 Å². The number of ether oxygens (including phenoxy) is 1. The normalized spacial score (nSPS) is 10.6. The summed E-state index contributed by atoms with van der Waals surface area (Å²) in [6, 6.07) is 3.53. The molecule has 0 saturated heterocycles. The number of carbonyl (C=O) groups is 1. The molecule has 0 unspecified atom stereocenters. The highest BCUT2D eigenvalue weighted by Gasteiger charge is 2.36. The van der Waals surface area contributed by atoms with Crippen LogP contribution in [0.2, 0.25) is 0 Å². The number of amides is 1. The molecule has 1 amide bonds. The fraction of sp³-hybridized carbons (Fsp3) is 0.273. The van der Waals surface area contributed by atoms with E-state index in [0.29, 0.717) is 6.07 Å². The predicted molar refractivity (Wildman–Crippen MR) is 62.2 cm³/mol. The number of nitrogens with zero attached hydrogens (tertiary/aromatic N) is 2. The van der Waals surface area contributed by atoms with Gasteiger partial charge in [-0.3, -0.25) is 14.9 Å². The monoisotopic (exact) mass is 303 g/mol. The molecule has 0 aromatic heterocycles. The van der Waals surface area contributed by atoms with Crippen molar-refractivity contribution in [2.75, 3.05) is 13.2 Å². The number of hydrogen-bond acceptors (Lipinski definition) is 5. The molecule has 0 bridgehead atoms. The lowest BCUT2D eigenvalue weighted by Gasteiger charge is -2.13. The minimum absolute atomic E-state index is 0.311. The number of rotatable bonds is 5. The molecule has 7 nitrogen and oxygen atoms in total. The minimum Gasteiger partial charge on any atom is -0.483 e. The van der Waals surface area contributed by atoms with Crippen molar-refractivity contribution in [1.82, 2.24) is 5.32 Å². The van der Waals surface area contributed by atoms with Crippen molar-refractivity contribution >= 4 is 11.6 Å². The fourth-order valence-electron chi connectivity index (χ4n) is 1.31. The van der Waals surface area contributed by atoms with Gasteiger partial charge in [-0.05, 0) is 6.07 Å². The molecule has 112 valence electrons. The number of non-ortho nitro benzene ring substituents is 1. The topological polar surface area (TPSA) is 105 Å². The second kappa shape index (κ2) is 6.56. The van der Waals surface area contributed by atoms with Crippen LogP contribution in [0.1, 0.15) is 5.56 Å². The molecule has 0 radical (unpaired) electrons. The van der Waals surface area contributed by atoms with E-state index in [2.05, 4.69) is 5.32 Å². The molecule has 1 N–H and O–H groups in total. The molecular weight excluding hydrogens is 295 g/mol. The average molecular weight is 303 g/mol. The molecule has 0 spiro atoms. The van der Waals surface area contributed by atoms with Crippen LogP contribution in [-0.4, -0.2) is 24.0 Å². The standard InChI is InChI=1S/C11H8F3N3O4/c12-11(13,14)8-5-7(17(19)20)1-2-9(8)21-6-10(18)16-4-3-15/h1-2,5H,4,6H2,(H,16,18). The van der Waals surface area contributed by atoms with E-state index in [9.17, 15) is 28.1 Å². The first kappa shape index (κ1) is 16.2. The molecule has 1 rings (SSSR count). The summed E-state index contributed by atoms with van der Waals surface area (Å²) in [5.74, 6) is -1.50. The summed E-state index contributed by atoms with van der Waals surface area (Å²) in [4.78, 5) is 20.6. The predicted octanol–water partition coefficient (Wildman–Crippen LogP) is 1.63. The molecule has 0 heterocycles. The highest BCUT2D eigenvalue weighted by molar-refractivity contribution is 5.77. The highest BCUT2D eigenvalue weighted by Crippen LogP contribution is 2.38. The number of nitro groups is 1. The highest BCUT2D eigenvalue weighted by atomic mass is 19.4. The largest absolute Gasteiger partial charge is 0.483 e. The van der Waals surface area contributed by atoms with Crippen molar-refractivity contribution in [2.24, 2.45) is 0 Å². The van der Waals surface area contributed by atoms with Crippen LogP contribution in [0.15, 0.2) is 18.2 Å². The van der Waals surface area contributed by atoms with Gasteiger partial charge in [-0.15, -0.1) is 0 Å². The first-order chi connectivity index (χ1) is 9.75. The van der Waals surface area contributed by atoms with Gasteiger partial charge in [0.15, 0.2) is 6.61 Å². The van der Waals surface area contributed by atoms with Crippen LogP contribution in [0.5, 0.6) is 5.75 Å². The molecule has 1 aromatic rings. The number of nitro benzene ring substituents is 1. The van der Waals surface area contributed by atoms with E-state index in [4.69, 9.17) is 10.00 Å². The van der Waals surface area contributed by atoms with Gasteiger partial charge in [0.2, 0.25) is 0 Å². The molecule has 0 aliphatic heterocycles. The van der Waals surface area contributed by atoms with Crippen molar-refractivity contribution in [3.8, 4) is 11.8 Å². The van der Waals surface area contributed by atoms with Gasteiger partial charge < -0.3 is 10.1 Å². The van der Waals surface area contributed by atoms with Crippen LogP contribution in [0.25, 0.3) is 0 Å². The van der Waals surface area contributed by atoms with Gasteiger partial charge in [0, 0.05) is 12.1 Å². The quantitative estimate of drug-likeness (QED) is 0.505. The van der Waals surface area contributed by atoms with Gasteiger partial charge in [0.05, 0.1) is 11.0 Å². The van der Waals surface area contributed by atoms with Crippen LogP contribution < -0.4 is 10.1 Å². The van der Waals surface area contributed by atoms with Crippen molar-refractivity contribution in [3.05, 3.63) is 33.9 Å². The van der Waals surface area contributed by atoms with E-state index in [1.54, 1.807) is 6.07 Å². The van der Waals surface area contributed by atoms with Gasteiger partial charge in [-0.25, -0.2) is 0 Å². The summed E-state index contributed by atoms with van der Waals surface area (Å²) in [5, 5.41) is 20.8. The lowest BCUT2D eigenvalue weighted by molar-refractivity contribution is -0.385. The van der Waals surface area contributed by atoms with Crippen molar-refractivity contribution in [1.29, 1.82) is 5.26 Å². The number of alkyl halides is 3. The maximum atomic E-state index is 12.8. The van der Waals surface area contributed by atoms with Crippen molar-refractivity contribution in [3.63, 3.8) is 0 Å². The van der Waals surface area contributed by atoms with Crippen molar-refractivity contribution < 1.29 is 27.6 Å². The molecule has 1 aromatic carbocycles. The number of halogens is 3. The Hall–Kier alpha value is -2.83. The zero-order valence-electron chi connectivity index (χ0n) is 10.3. The first-order valence-corrected chi connectivity index (χ1v) is 5.37. The Balaban J connectivity index is 2.94. The molecule has 10 heteroatoms. The third-order valence-electron chi connectivity index (χ3n) is 2.20. The maximum Gasteiger partial charge on any atom is 0.420 e. The second-order valence-corrected chi connectivity index (χ2v) is 3.66. The summed E-state index contributed by atoms with van der Waals surface area (Å²) in [5.41, 5.74) is -2.10. The van der Waals surface area contributed by atoms with E-state index >= 15 is 0 Å². The second-order valence-electron chi connectivity index (χ2n) is 3.66. The summed E-state index contributed by atoms with van der Waals surface area (Å²) in [7, 11) is 0. The molecule has 0 fully saturated rings. The third-order valence-corrected chi connectivity index (χ3v) is 2.20. The SMILES string of the molecule is N#CCNC(=O)COc1ccc([N+](=O)[O-])cc1C(F)(F)F. The number of hydrogen-bond donors (Lipinski definition) is 1. The Bertz CT molecular complexity index is 595. The molecule has 0 atom stereocenters. The van der Waals surface area contributed by atoms with E-state index in [1.807, 2.05) is 0 Å². The Morgan fingerprint density at radius 3 is 2.67 bits per heavy atom. The molecule has 0 saturated carbocycles. The third kappa shape index (κ3) is 4.64. The Morgan fingerprint density at radius 2 is 2.14 bits per heavy atom. The Kier molecular flexibility index (Phi) is 5.06. The summed E-state index contributed by atoms with van der Waals surface area (Å²) >= 11 is 0. The number of benzene rings is 1. The van der Waals surface area contributed by atoms with Crippen molar-refractivity contribution in [2.45, 2.75) is 6.18 Å². The van der Waals surface area contributed by atoms with Crippen LogP contribution in [-0.2, 0) is 11.0 Å². The molecule has 0 aliphatic carbocycles. The van der Waals surface area contributed by atoms with Crippen LogP contribution in [0.3, 0.4) is 0 Å². The summed E-state index contributed by atoms with van der Waals surface area (Å²) < 4.78 is 43.0. The van der Waals surface area contributed by atoms with Gasteiger partial charge in [0.25, 0.3) is 11.6 Å². The first-order valence-electron chi connectivity index (χ1n) is 5.37. The van der Waals surface area contributed by atoms with E-state index in [1.165, 1.54) is 0 Å². The zero-order chi connectivity index (χ0) is 16.0. The number of nitriles is 1. The van der Waals surface area contributed by atoms with E-state index in [0.717, 1.165) is 12.1 Å². The minimum atomic E-state index is -4.87. The lowest BCUT2D eigenvalue weighted by Crippen LogP contribution is -2.29. The smallest absolute Gasteiger partial charge is 0.420 e. The van der Waals surface area contributed by atoms with Crippen LogP contribution >= 0.6 is 0 Å². The molecule has 21 heavy (non-hydrogen) atoms.